The Kier molecular flexibility index (Phi) is 5.02. The summed E-state index contributed by atoms with van der Waals surface area (Å²) in [5, 5.41) is 2.91. The maximum atomic E-state index is 12.1. The highest BCUT2D eigenvalue weighted by Gasteiger charge is 2.39. The minimum atomic E-state index is -0.327. The van der Waals surface area contributed by atoms with Gasteiger partial charge in [-0.05, 0) is 25.0 Å². The van der Waals surface area contributed by atoms with Crippen molar-refractivity contribution in [2.75, 3.05) is 6.54 Å². The van der Waals surface area contributed by atoms with Crippen LogP contribution in [0.3, 0.4) is 0 Å². The Labute approximate surface area is 107 Å². The van der Waals surface area contributed by atoms with E-state index in [2.05, 4.69) is 5.32 Å². The molecule has 1 saturated carbocycles. The molecule has 17 heavy (non-hydrogen) atoms. The third-order valence-electron chi connectivity index (χ3n) is 3.44. The lowest BCUT2D eigenvalue weighted by Gasteiger charge is -2.25. The average Bonchev–Trinajstić information content (AvgIpc) is 2.97. The van der Waals surface area contributed by atoms with Gasteiger partial charge in [-0.3, -0.25) is 4.79 Å². The molecule has 0 saturated heterocycles. The molecule has 0 spiro atoms. The molecule has 5 heteroatoms. The van der Waals surface area contributed by atoms with Crippen molar-refractivity contribution in [2.24, 2.45) is 11.1 Å². The van der Waals surface area contributed by atoms with Gasteiger partial charge in [-0.2, -0.15) is 0 Å². The summed E-state index contributed by atoms with van der Waals surface area (Å²) in [6, 6.07) is 3.67. The van der Waals surface area contributed by atoms with Crippen molar-refractivity contribution in [1.29, 1.82) is 0 Å². The third kappa shape index (κ3) is 3.01. The van der Waals surface area contributed by atoms with Crippen molar-refractivity contribution in [3.05, 3.63) is 24.2 Å². The molecule has 0 aromatic carbocycles. The number of furan rings is 1. The molecule has 4 nitrogen and oxygen atoms in total. The van der Waals surface area contributed by atoms with Crippen LogP contribution >= 0.6 is 12.4 Å². The zero-order chi connectivity index (χ0) is 11.4. The van der Waals surface area contributed by atoms with Crippen molar-refractivity contribution in [1.82, 2.24) is 5.32 Å². The Morgan fingerprint density at radius 2 is 2.18 bits per heavy atom. The van der Waals surface area contributed by atoms with Crippen molar-refractivity contribution >= 4 is 18.3 Å². The first-order valence-corrected chi connectivity index (χ1v) is 5.78. The number of nitrogens with two attached hydrogens (primary N) is 1. The molecule has 1 aromatic rings. The fraction of sp³-hybridized carbons (Fsp3) is 0.583. The zero-order valence-electron chi connectivity index (χ0n) is 9.78. The highest BCUT2D eigenvalue weighted by Crippen LogP contribution is 2.37. The van der Waals surface area contributed by atoms with E-state index < -0.39 is 0 Å². The van der Waals surface area contributed by atoms with Gasteiger partial charge in [0.15, 0.2) is 0 Å². The first-order chi connectivity index (χ1) is 7.77. The second kappa shape index (κ2) is 6.07. The molecule has 0 atom stereocenters. The fourth-order valence-electron chi connectivity index (χ4n) is 2.34. The molecule has 1 fully saturated rings. The highest BCUT2D eigenvalue weighted by atomic mass is 35.5. The predicted octanol–water partition coefficient (Wildman–Crippen LogP) is 1.84. The van der Waals surface area contributed by atoms with Gasteiger partial charge < -0.3 is 15.5 Å². The summed E-state index contributed by atoms with van der Waals surface area (Å²) < 4.78 is 5.17. The number of hydrogen-bond donors (Lipinski definition) is 2. The average molecular weight is 259 g/mol. The van der Waals surface area contributed by atoms with Crippen LogP contribution in [0.1, 0.15) is 31.4 Å². The summed E-state index contributed by atoms with van der Waals surface area (Å²) in [4.78, 5) is 12.1. The minimum Gasteiger partial charge on any atom is -0.467 e. The zero-order valence-corrected chi connectivity index (χ0v) is 10.6. The molecule has 2 rings (SSSR count). The molecule has 0 radical (unpaired) electrons. The second-order valence-corrected chi connectivity index (χ2v) is 4.45. The first-order valence-electron chi connectivity index (χ1n) is 5.78. The molecule has 3 N–H and O–H groups in total. The first kappa shape index (κ1) is 14.1. The highest BCUT2D eigenvalue weighted by molar-refractivity contribution is 5.85. The number of halogens is 1. The fourth-order valence-corrected chi connectivity index (χ4v) is 2.34. The maximum Gasteiger partial charge on any atom is 0.227 e. The van der Waals surface area contributed by atoms with Crippen LogP contribution in [0, 0.1) is 5.41 Å². The smallest absolute Gasteiger partial charge is 0.227 e. The van der Waals surface area contributed by atoms with Crippen LogP contribution in [0.15, 0.2) is 22.8 Å². The van der Waals surface area contributed by atoms with Gasteiger partial charge in [0.25, 0.3) is 0 Å². The van der Waals surface area contributed by atoms with Crippen LogP contribution in [0.2, 0.25) is 0 Å². The van der Waals surface area contributed by atoms with Crippen LogP contribution in [0.5, 0.6) is 0 Å². The molecule has 0 aliphatic heterocycles. The van der Waals surface area contributed by atoms with Gasteiger partial charge in [-0.15, -0.1) is 12.4 Å². The van der Waals surface area contributed by atoms with Gasteiger partial charge in [-0.1, -0.05) is 12.8 Å². The maximum absolute atomic E-state index is 12.1. The summed E-state index contributed by atoms with van der Waals surface area (Å²) in [5.41, 5.74) is 5.41. The van der Waals surface area contributed by atoms with Gasteiger partial charge >= 0.3 is 0 Å². The summed E-state index contributed by atoms with van der Waals surface area (Å²) in [7, 11) is 0. The summed E-state index contributed by atoms with van der Waals surface area (Å²) in [6.45, 7) is 0.893. The van der Waals surface area contributed by atoms with Gasteiger partial charge in [0, 0.05) is 6.54 Å². The summed E-state index contributed by atoms with van der Waals surface area (Å²) in [6.07, 6.45) is 5.63. The Morgan fingerprint density at radius 1 is 1.47 bits per heavy atom. The number of carbonyl (C=O) groups is 1. The van der Waals surface area contributed by atoms with Crippen LogP contribution in [-0.2, 0) is 11.3 Å². The quantitative estimate of drug-likeness (QED) is 0.866. The number of hydrogen-bond acceptors (Lipinski definition) is 3. The van der Waals surface area contributed by atoms with E-state index in [-0.39, 0.29) is 23.7 Å². The minimum absolute atomic E-state index is 0. The van der Waals surface area contributed by atoms with Crippen molar-refractivity contribution in [3.63, 3.8) is 0 Å². The van der Waals surface area contributed by atoms with Crippen LogP contribution < -0.4 is 11.1 Å². The molecule has 96 valence electrons. The Balaban J connectivity index is 0.00000144. The molecule has 1 aliphatic rings. The number of nitrogens with one attached hydrogen (secondary N) is 1. The van der Waals surface area contributed by atoms with E-state index in [9.17, 15) is 4.79 Å². The molecule has 1 aromatic heterocycles. The lowest BCUT2D eigenvalue weighted by atomic mass is 9.85. The van der Waals surface area contributed by atoms with E-state index in [1.54, 1.807) is 6.26 Å². The summed E-state index contributed by atoms with van der Waals surface area (Å²) in [5.74, 6) is 0.849. The lowest BCUT2D eigenvalue weighted by molar-refractivity contribution is -0.130. The summed E-state index contributed by atoms with van der Waals surface area (Å²) >= 11 is 0. The SMILES string of the molecule is Cl.NCC1(C(=O)NCc2ccco2)CCCC1. The van der Waals surface area contributed by atoms with Gasteiger partial charge in [0.05, 0.1) is 18.2 Å². The standard InChI is InChI=1S/C12H18N2O2.ClH/c13-9-12(5-1-2-6-12)11(15)14-8-10-4-3-7-16-10;/h3-4,7H,1-2,5-6,8-9,13H2,(H,14,15);1H. The molecule has 0 bridgehead atoms. The van der Waals surface area contributed by atoms with Crippen molar-refractivity contribution < 1.29 is 9.21 Å². The molecule has 1 aliphatic carbocycles. The van der Waals surface area contributed by atoms with Gasteiger partial charge in [0.1, 0.15) is 5.76 Å². The monoisotopic (exact) mass is 258 g/mol. The van der Waals surface area contributed by atoms with E-state index in [0.717, 1.165) is 31.4 Å². The Hall–Kier alpha value is -1.00. The Morgan fingerprint density at radius 3 is 2.71 bits per heavy atom. The number of carbonyl (C=O) groups excluding carboxylic acids is 1. The number of rotatable bonds is 4. The van der Waals surface area contributed by atoms with E-state index in [0.29, 0.717) is 13.1 Å². The molecule has 1 heterocycles. The lowest BCUT2D eigenvalue weighted by Crippen LogP contribution is -2.43. The Bertz CT molecular complexity index is 345. The predicted molar refractivity (Wildman–Crippen MR) is 67.8 cm³/mol. The second-order valence-electron chi connectivity index (χ2n) is 4.45. The topological polar surface area (TPSA) is 68.3 Å². The third-order valence-corrected chi connectivity index (χ3v) is 3.44. The van der Waals surface area contributed by atoms with Gasteiger partial charge in [0.2, 0.25) is 5.91 Å². The number of amides is 1. The van der Waals surface area contributed by atoms with Crippen LogP contribution in [-0.4, -0.2) is 12.5 Å². The largest absolute Gasteiger partial charge is 0.467 e. The molecular formula is C12H19ClN2O2. The molecule has 1 amide bonds. The van der Waals surface area contributed by atoms with E-state index >= 15 is 0 Å². The van der Waals surface area contributed by atoms with Crippen LogP contribution in [0.4, 0.5) is 0 Å². The van der Waals surface area contributed by atoms with Crippen molar-refractivity contribution in [2.45, 2.75) is 32.2 Å². The van der Waals surface area contributed by atoms with E-state index in [1.807, 2.05) is 12.1 Å². The van der Waals surface area contributed by atoms with E-state index in [4.69, 9.17) is 10.2 Å². The molecular weight excluding hydrogens is 240 g/mol. The normalized spacial score (nSPS) is 17.5. The van der Waals surface area contributed by atoms with Gasteiger partial charge in [-0.25, -0.2) is 0 Å². The van der Waals surface area contributed by atoms with Crippen molar-refractivity contribution in [3.8, 4) is 0 Å². The van der Waals surface area contributed by atoms with E-state index in [1.165, 1.54) is 0 Å². The van der Waals surface area contributed by atoms with Crippen LogP contribution in [0.25, 0.3) is 0 Å². The molecule has 0 unspecified atom stereocenters.